The molecule has 128 valence electrons. The zero-order chi connectivity index (χ0) is 17.8. The predicted octanol–water partition coefficient (Wildman–Crippen LogP) is 2.34. The van der Waals surface area contributed by atoms with E-state index in [-0.39, 0.29) is 18.8 Å². The van der Waals surface area contributed by atoms with Crippen LogP contribution in [0.1, 0.15) is 21.5 Å². The van der Waals surface area contributed by atoms with Gasteiger partial charge < -0.3 is 20.5 Å². The van der Waals surface area contributed by atoms with E-state index in [1.165, 1.54) is 17.4 Å². The number of anilines is 1. The maximum absolute atomic E-state index is 12.4. The molecular weight excluding hydrogens is 340 g/mol. The number of pyridine rings is 1. The summed E-state index contributed by atoms with van der Waals surface area (Å²) < 4.78 is 0. The molecule has 0 saturated carbocycles. The van der Waals surface area contributed by atoms with Crippen LogP contribution in [0, 0.1) is 0 Å². The van der Waals surface area contributed by atoms with Crippen molar-refractivity contribution < 1.29 is 15.0 Å². The molecule has 25 heavy (non-hydrogen) atoms. The van der Waals surface area contributed by atoms with Crippen LogP contribution >= 0.6 is 11.3 Å². The Balaban J connectivity index is 1.85. The summed E-state index contributed by atoms with van der Waals surface area (Å²) in [5, 5.41) is 23.0. The Labute approximate surface area is 147 Å². The molecule has 0 aliphatic rings. The van der Waals surface area contributed by atoms with Crippen molar-refractivity contribution in [3.05, 3.63) is 74.9 Å². The van der Waals surface area contributed by atoms with E-state index in [4.69, 9.17) is 0 Å². The number of benzene rings is 1. The second-order valence-corrected chi connectivity index (χ2v) is 6.35. The van der Waals surface area contributed by atoms with Gasteiger partial charge in [-0.25, -0.2) is 0 Å². The first-order valence-electron chi connectivity index (χ1n) is 7.54. The molecule has 0 radical (unpaired) electrons. The number of amides is 1. The number of aromatic nitrogens is 1. The van der Waals surface area contributed by atoms with E-state index in [0.29, 0.717) is 22.5 Å². The maximum Gasteiger partial charge on any atom is 0.261 e. The topological polar surface area (TPSA) is 102 Å². The number of hydrogen-bond acceptors (Lipinski definition) is 5. The molecule has 1 amide bonds. The van der Waals surface area contributed by atoms with E-state index >= 15 is 0 Å². The zero-order valence-electron chi connectivity index (χ0n) is 13.2. The molecule has 2 aromatic heterocycles. The standard InChI is InChI=1S/C18H16N2O4S/c21-9-11-6-12(10-22)8-13(7-11)19-17(23)14-3-4-15(20-18(14)24)16-2-1-5-25-16/h1-8,21-22H,9-10H2,(H,19,23)(H,20,24). The lowest BCUT2D eigenvalue weighted by Gasteiger charge is -2.09. The third-order valence-corrected chi connectivity index (χ3v) is 4.52. The number of thiophene rings is 1. The smallest absolute Gasteiger partial charge is 0.261 e. The average molecular weight is 356 g/mol. The fourth-order valence-electron chi connectivity index (χ4n) is 2.44. The Morgan fingerprint density at radius 3 is 2.36 bits per heavy atom. The van der Waals surface area contributed by atoms with Crippen molar-refractivity contribution >= 4 is 22.9 Å². The van der Waals surface area contributed by atoms with E-state index in [9.17, 15) is 19.8 Å². The Hall–Kier alpha value is -2.74. The molecule has 7 heteroatoms. The molecule has 0 atom stereocenters. The van der Waals surface area contributed by atoms with Crippen LogP contribution in [0.5, 0.6) is 0 Å². The highest BCUT2D eigenvalue weighted by molar-refractivity contribution is 7.13. The van der Waals surface area contributed by atoms with Gasteiger partial charge in [-0.15, -0.1) is 11.3 Å². The molecule has 0 saturated heterocycles. The summed E-state index contributed by atoms with van der Waals surface area (Å²) >= 11 is 1.49. The van der Waals surface area contributed by atoms with Crippen LogP contribution in [-0.2, 0) is 13.2 Å². The largest absolute Gasteiger partial charge is 0.392 e. The van der Waals surface area contributed by atoms with E-state index < -0.39 is 11.5 Å². The lowest BCUT2D eigenvalue weighted by molar-refractivity contribution is 0.102. The Morgan fingerprint density at radius 2 is 1.80 bits per heavy atom. The SMILES string of the molecule is O=C(Nc1cc(CO)cc(CO)c1)c1ccc(-c2cccs2)[nH]c1=O. The summed E-state index contributed by atoms with van der Waals surface area (Å²) in [6.07, 6.45) is 0. The van der Waals surface area contributed by atoms with Gasteiger partial charge in [0, 0.05) is 5.69 Å². The summed E-state index contributed by atoms with van der Waals surface area (Å²) in [7, 11) is 0. The number of aliphatic hydroxyl groups excluding tert-OH is 2. The van der Waals surface area contributed by atoms with Gasteiger partial charge in [-0.1, -0.05) is 12.1 Å². The molecule has 6 nitrogen and oxygen atoms in total. The molecular formula is C18H16N2O4S. The van der Waals surface area contributed by atoms with Crippen LogP contribution in [0.25, 0.3) is 10.6 Å². The van der Waals surface area contributed by atoms with Crippen LogP contribution in [0.2, 0.25) is 0 Å². The van der Waals surface area contributed by atoms with Gasteiger partial charge in [-0.05, 0) is 46.8 Å². The van der Waals surface area contributed by atoms with Crippen LogP contribution in [0.15, 0.2) is 52.6 Å². The van der Waals surface area contributed by atoms with Crippen molar-refractivity contribution in [3.63, 3.8) is 0 Å². The molecule has 0 fully saturated rings. The maximum atomic E-state index is 12.4. The van der Waals surface area contributed by atoms with Gasteiger partial charge in [-0.2, -0.15) is 0 Å². The third-order valence-electron chi connectivity index (χ3n) is 3.62. The monoisotopic (exact) mass is 356 g/mol. The number of aromatic amines is 1. The van der Waals surface area contributed by atoms with Gasteiger partial charge in [0.15, 0.2) is 0 Å². The summed E-state index contributed by atoms with van der Waals surface area (Å²) in [5.41, 5.74) is 1.68. The lowest BCUT2D eigenvalue weighted by atomic mass is 10.1. The second kappa shape index (κ2) is 7.43. The van der Waals surface area contributed by atoms with Crippen molar-refractivity contribution in [2.75, 3.05) is 5.32 Å². The summed E-state index contributed by atoms with van der Waals surface area (Å²) in [4.78, 5) is 28.2. The highest BCUT2D eigenvalue weighted by Gasteiger charge is 2.13. The van der Waals surface area contributed by atoms with Crippen LogP contribution in [0.4, 0.5) is 5.69 Å². The number of nitrogens with one attached hydrogen (secondary N) is 2. The number of carbonyl (C=O) groups is 1. The summed E-state index contributed by atoms with van der Waals surface area (Å²) in [6, 6.07) is 11.7. The number of aliphatic hydroxyl groups is 2. The average Bonchev–Trinajstić information content (AvgIpc) is 3.15. The number of carbonyl (C=O) groups excluding carboxylic acids is 1. The molecule has 0 aliphatic heterocycles. The lowest BCUT2D eigenvalue weighted by Crippen LogP contribution is -2.23. The van der Waals surface area contributed by atoms with Crippen LogP contribution in [0.3, 0.4) is 0 Å². The zero-order valence-corrected chi connectivity index (χ0v) is 14.0. The molecule has 0 spiro atoms. The third kappa shape index (κ3) is 3.85. The quantitative estimate of drug-likeness (QED) is 0.563. The van der Waals surface area contributed by atoms with Crippen LogP contribution in [-0.4, -0.2) is 21.1 Å². The normalized spacial score (nSPS) is 10.6. The molecule has 4 N–H and O–H groups in total. The van der Waals surface area contributed by atoms with E-state index in [1.807, 2.05) is 17.5 Å². The van der Waals surface area contributed by atoms with Crippen molar-refractivity contribution in [1.82, 2.24) is 4.98 Å². The van der Waals surface area contributed by atoms with Crippen molar-refractivity contribution in [3.8, 4) is 10.6 Å². The van der Waals surface area contributed by atoms with E-state index in [0.717, 1.165) is 4.88 Å². The first-order valence-corrected chi connectivity index (χ1v) is 8.42. The highest BCUT2D eigenvalue weighted by atomic mass is 32.1. The molecule has 2 heterocycles. The minimum atomic E-state index is -0.557. The van der Waals surface area contributed by atoms with Gasteiger partial charge in [0.2, 0.25) is 0 Å². The number of H-pyrrole nitrogens is 1. The van der Waals surface area contributed by atoms with Gasteiger partial charge >= 0.3 is 0 Å². The van der Waals surface area contributed by atoms with Crippen molar-refractivity contribution in [2.45, 2.75) is 13.2 Å². The first-order chi connectivity index (χ1) is 12.1. The first kappa shape index (κ1) is 17.1. The fourth-order valence-corrected chi connectivity index (χ4v) is 3.15. The predicted molar refractivity (Wildman–Crippen MR) is 96.6 cm³/mol. The Bertz CT molecular complexity index is 926. The van der Waals surface area contributed by atoms with Crippen LogP contribution < -0.4 is 10.9 Å². The van der Waals surface area contributed by atoms with Crippen molar-refractivity contribution in [1.29, 1.82) is 0 Å². The minimum absolute atomic E-state index is 0.0137. The van der Waals surface area contributed by atoms with E-state index in [2.05, 4.69) is 10.3 Å². The molecule has 0 bridgehead atoms. The summed E-state index contributed by atoms with van der Waals surface area (Å²) in [6.45, 7) is -0.431. The second-order valence-electron chi connectivity index (χ2n) is 5.40. The molecule has 3 aromatic rings. The Morgan fingerprint density at radius 1 is 1.08 bits per heavy atom. The molecule has 0 aliphatic carbocycles. The van der Waals surface area contributed by atoms with Gasteiger partial charge in [0.05, 0.1) is 23.8 Å². The highest BCUT2D eigenvalue weighted by Crippen LogP contribution is 2.21. The Kier molecular flexibility index (Phi) is 5.08. The molecule has 1 aromatic carbocycles. The number of rotatable bonds is 5. The molecule has 3 rings (SSSR count). The number of hydrogen-bond donors (Lipinski definition) is 4. The van der Waals surface area contributed by atoms with E-state index in [1.54, 1.807) is 24.3 Å². The fraction of sp³-hybridized carbons (Fsp3) is 0.111. The van der Waals surface area contributed by atoms with Gasteiger partial charge in [0.1, 0.15) is 5.56 Å². The minimum Gasteiger partial charge on any atom is -0.392 e. The summed E-state index contributed by atoms with van der Waals surface area (Å²) in [5.74, 6) is -0.557. The van der Waals surface area contributed by atoms with Gasteiger partial charge in [-0.3, -0.25) is 9.59 Å². The molecule has 0 unspecified atom stereocenters. The van der Waals surface area contributed by atoms with Crippen molar-refractivity contribution in [2.24, 2.45) is 0 Å². The van der Waals surface area contributed by atoms with Gasteiger partial charge in [0.25, 0.3) is 11.5 Å².